The summed E-state index contributed by atoms with van der Waals surface area (Å²) >= 11 is 0. The number of carbonyl (C=O) groups is 1. The third kappa shape index (κ3) is 5.86. The van der Waals surface area contributed by atoms with Gasteiger partial charge < -0.3 is 14.8 Å². The van der Waals surface area contributed by atoms with Gasteiger partial charge in [0.15, 0.2) is 0 Å². The smallest absolute Gasteiger partial charge is 0.339 e. The highest BCUT2D eigenvalue weighted by molar-refractivity contribution is 7.88. The zero-order chi connectivity index (χ0) is 14.5. The van der Waals surface area contributed by atoms with E-state index in [2.05, 4.69) is 10.0 Å². The Morgan fingerprint density at radius 3 is 2.63 bits per heavy atom. The summed E-state index contributed by atoms with van der Waals surface area (Å²) in [5, 5.41) is 11.9. The second-order valence-corrected chi connectivity index (χ2v) is 6.02. The van der Waals surface area contributed by atoms with E-state index in [1.54, 1.807) is 6.92 Å². The zero-order valence-electron chi connectivity index (χ0n) is 10.9. The van der Waals surface area contributed by atoms with Gasteiger partial charge in [-0.05, 0) is 26.0 Å². The first-order valence-electron chi connectivity index (χ1n) is 5.77. The third-order valence-electron chi connectivity index (χ3n) is 2.39. The molecule has 0 aliphatic heterocycles. The normalized spacial score (nSPS) is 11.7. The molecule has 1 heterocycles. The maximum absolute atomic E-state index is 10.8. The predicted octanol–water partition coefficient (Wildman–Crippen LogP) is 0.315. The van der Waals surface area contributed by atoms with Crippen molar-refractivity contribution >= 4 is 16.0 Å². The van der Waals surface area contributed by atoms with E-state index < -0.39 is 16.0 Å². The van der Waals surface area contributed by atoms with Crippen molar-refractivity contribution in [3.05, 3.63) is 23.2 Å². The Kier molecular flexibility index (Phi) is 5.52. The number of aryl methyl sites for hydroxylation is 1. The van der Waals surface area contributed by atoms with Crippen molar-refractivity contribution in [3.8, 4) is 0 Å². The van der Waals surface area contributed by atoms with Crippen molar-refractivity contribution in [2.45, 2.75) is 19.9 Å². The molecule has 0 aliphatic rings. The van der Waals surface area contributed by atoms with Gasteiger partial charge >= 0.3 is 5.97 Å². The quantitative estimate of drug-likeness (QED) is 0.595. The molecule has 1 aromatic rings. The van der Waals surface area contributed by atoms with E-state index in [9.17, 15) is 13.2 Å². The van der Waals surface area contributed by atoms with Crippen LogP contribution in [0.1, 0.15) is 28.3 Å². The van der Waals surface area contributed by atoms with E-state index in [4.69, 9.17) is 9.52 Å². The Bertz CT molecular complexity index is 535. The minimum Gasteiger partial charge on any atom is -0.478 e. The molecular weight excluding hydrogens is 272 g/mol. The summed E-state index contributed by atoms with van der Waals surface area (Å²) in [5.74, 6) is -0.0844. The van der Waals surface area contributed by atoms with Gasteiger partial charge in [0.25, 0.3) is 0 Å². The summed E-state index contributed by atoms with van der Waals surface area (Å²) in [6, 6.07) is 1.49. The van der Waals surface area contributed by atoms with Gasteiger partial charge in [-0.25, -0.2) is 17.9 Å². The SMILES string of the molecule is Cc1oc(CNCCCNS(C)(=O)=O)cc1C(=O)O. The standard InChI is InChI=1S/C11H18N2O5S/c1-8-10(11(14)15)6-9(18-8)7-12-4-3-5-13-19(2,16)17/h6,12-13H,3-5,7H2,1-2H3,(H,14,15). The molecule has 0 saturated carbocycles. The Morgan fingerprint density at radius 1 is 1.42 bits per heavy atom. The first kappa shape index (κ1) is 15.7. The minimum atomic E-state index is -3.14. The lowest BCUT2D eigenvalue weighted by Gasteiger charge is -2.03. The maximum atomic E-state index is 10.8. The van der Waals surface area contributed by atoms with E-state index in [0.29, 0.717) is 37.6 Å². The molecule has 1 rings (SSSR count). The Balaban J connectivity index is 2.27. The van der Waals surface area contributed by atoms with E-state index in [1.807, 2.05) is 0 Å². The van der Waals surface area contributed by atoms with Crippen molar-refractivity contribution in [2.75, 3.05) is 19.3 Å². The number of hydrogen-bond acceptors (Lipinski definition) is 5. The highest BCUT2D eigenvalue weighted by atomic mass is 32.2. The molecule has 19 heavy (non-hydrogen) atoms. The molecule has 3 N–H and O–H groups in total. The van der Waals surface area contributed by atoms with Gasteiger partial charge in [0.1, 0.15) is 17.1 Å². The Hall–Kier alpha value is -1.38. The van der Waals surface area contributed by atoms with E-state index >= 15 is 0 Å². The van der Waals surface area contributed by atoms with Crippen LogP contribution in [-0.2, 0) is 16.6 Å². The van der Waals surface area contributed by atoms with Gasteiger partial charge in [-0.2, -0.15) is 0 Å². The average Bonchev–Trinajstić information content (AvgIpc) is 2.63. The summed E-state index contributed by atoms with van der Waals surface area (Å²) in [7, 11) is -3.14. The fourth-order valence-corrected chi connectivity index (χ4v) is 2.04. The molecule has 0 spiro atoms. The van der Waals surface area contributed by atoms with E-state index in [-0.39, 0.29) is 5.56 Å². The highest BCUT2D eigenvalue weighted by Gasteiger charge is 2.12. The number of rotatable bonds is 8. The molecule has 1 aromatic heterocycles. The van der Waals surface area contributed by atoms with Crippen molar-refractivity contribution in [3.63, 3.8) is 0 Å². The number of sulfonamides is 1. The van der Waals surface area contributed by atoms with Crippen molar-refractivity contribution in [1.82, 2.24) is 10.0 Å². The first-order valence-corrected chi connectivity index (χ1v) is 7.66. The number of carboxylic acids is 1. The van der Waals surface area contributed by atoms with Crippen LogP contribution in [-0.4, -0.2) is 38.8 Å². The van der Waals surface area contributed by atoms with Gasteiger partial charge in [-0.15, -0.1) is 0 Å². The lowest BCUT2D eigenvalue weighted by molar-refractivity contribution is 0.0695. The van der Waals surface area contributed by atoms with Gasteiger partial charge in [-0.3, -0.25) is 0 Å². The number of furan rings is 1. The molecule has 0 unspecified atom stereocenters. The molecule has 0 atom stereocenters. The largest absolute Gasteiger partial charge is 0.478 e. The van der Waals surface area contributed by atoms with Gasteiger partial charge in [-0.1, -0.05) is 0 Å². The average molecular weight is 290 g/mol. The number of hydrogen-bond donors (Lipinski definition) is 3. The van der Waals surface area contributed by atoms with Crippen LogP contribution in [0.25, 0.3) is 0 Å². The van der Waals surface area contributed by atoms with Crippen LogP contribution in [0, 0.1) is 6.92 Å². The molecule has 0 amide bonds. The molecule has 0 aromatic carbocycles. The lowest BCUT2D eigenvalue weighted by atomic mass is 10.2. The van der Waals surface area contributed by atoms with E-state index in [1.165, 1.54) is 6.07 Å². The van der Waals surface area contributed by atoms with Crippen molar-refractivity contribution in [1.29, 1.82) is 0 Å². The molecule has 0 bridgehead atoms. The van der Waals surface area contributed by atoms with E-state index in [0.717, 1.165) is 6.26 Å². The molecule has 0 fully saturated rings. The summed E-state index contributed by atoms with van der Waals surface area (Å²) in [6.45, 7) is 2.98. The minimum absolute atomic E-state index is 0.163. The van der Waals surface area contributed by atoms with Gasteiger partial charge in [0.05, 0.1) is 12.8 Å². The summed E-state index contributed by atoms with van der Waals surface area (Å²) in [4.78, 5) is 10.8. The Labute approximate surface area is 112 Å². The lowest BCUT2D eigenvalue weighted by Crippen LogP contribution is -2.26. The summed E-state index contributed by atoms with van der Waals surface area (Å²) < 4.78 is 29.2. The van der Waals surface area contributed by atoms with Crippen LogP contribution in [0.5, 0.6) is 0 Å². The second kappa shape index (κ2) is 6.69. The molecule has 0 aliphatic carbocycles. The molecule has 0 radical (unpaired) electrons. The number of aromatic carboxylic acids is 1. The third-order valence-corrected chi connectivity index (χ3v) is 3.12. The number of nitrogens with one attached hydrogen (secondary N) is 2. The summed E-state index contributed by atoms with van der Waals surface area (Å²) in [5.41, 5.74) is 0.163. The van der Waals surface area contributed by atoms with Crippen LogP contribution in [0.4, 0.5) is 0 Å². The summed E-state index contributed by atoms with van der Waals surface area (Å²) in [6.07, 6.45) is 1.75. The fraction of sp³-hybridized carbons (Fsp3) is 0.545. The molecule has 108 valence electrons. The van der Waals surface area contributed by atoms with Crippen molar-refractivity contribution in [2.24, 2.45) is 0 Å². The molecular formula is C11H18N2O5S. The van der Waals surface area contributed by atoms with Crippen molar-refractivity contribution < 1.29 is 22.7 Å². The van der Waals surface area contributed by atoms with Crippen LogP contribution < -0.4 is 10.0 Å². The fourth-order valence-electron chi connectivity index (χ4n) is 1.53. The van der Waals surface area contributed by atoms with Gasteiger partial charge in [0, 0.05) is 6.54 Å². The topological polar surface area (TPSA) is 109 Å². The van der Waals surface area contributed by atoms with Crippen LogP contribution in [0.2, 0.25) is 0 Å². The van der Waals surface area contributed by atoms with Gasteiger partial charge in [0.2, 0.25) is 10.0 Å². The molecule has 0 saturated heterocycles. The number of carboxylic acid groups (broad SMARTS) is 1. The van der Waals surface area contributed by atoms with Crippen LogP contribution in [0.3, 0.4) is 0 Å². The zero-order valence-corrected chi connectivity index (χ0v) is 11.7. The Morgan fingerprint density at radius 2 is 2.11 bits per heavy atom. The monoisotopic (exact) mass is 290 g/mol. The second-order valence-electron chi connectivity index (χ2n) is 4.18. The molecule has 7 nitrogen and oxygen atoms in total. The maximum Gasteiger partial charge on any atom is 0.339 e. The predicted molar refractivity (Wildman–Crippen MR) is 69.6 cm³/mol. The highest BCUT2D eigenvalue weighted by Crippen LogP contribution is 2.14. The van der Waals surface area contributed by atoms with Crippen LogP contribution >= 0.6 is 0 Å². The van der Waals surface area contributed by atoms with Crippen LogP contribution in [0.15, 0.2) is 10.5 Å². The first-order chi connectivity index (χ1) is 8.79. The molecule has 8 heteroatoms.